The minimum atomic E-state index is -0.439. The summed E-state index contributed by atoms with van der Waals surface area (Å²) in [7, 11) is 0. The van der Waals surface area contributed by atoms with E-state index in [0.29, 0.717) is 18.0 Å². The number of phenols is 3. The Kier molecular flexibility index (Phi) is 4.53. The zero-order valence-corrected chi connectivity index (χ0v) is 11.4. The maximum absolute atomic E-state index is 9.70. The van der Waals surface area contributed by atoms with Crippen molar-refractivity contribution in [2.75, 3.05) is 6.54 Å². The SMILES string of the molecule is CC1CCC(CNCc2ccc(O)c(O)c2O)CC1. The first kappa shape index (κ1) is 14.0. The molecule has 0 radical (unpaired) electrons. The van der Waals surface area contributed by atoms with E-state index in [9.17, 15) is 15.3 Å². The Labute approximate surface area is 114 Å². The van der Waals surface area contributed by atoms with Crippen LogP contribution in [0.15, 0.2) is 12.1 Å². The number of nitrogens with one attached hydrogen (secondary N) is 1. The lowest BCUT2D eigenvalue weighted by atomic mass is 9.83. The second-order valence-corrected chi connectivity index (χ2v) is 5.70. The summed E-state index contributed by atoms with van der Waals surface area (Å²) in [4.78, 5) is 0. The van der Waals surface area contributed by atoms with Gasteiger partial charge in [-0.15, -0.1) is 0 Å². The molecule has 4 nitrogen and oxygen atoms in total. The Morgan fingerprint density at radius 1 is 1.05 bits per heavy atom. The van der Waals surface area contributed by atoms with Gasteiger partial charge in [0.25, 0.3) is 0 Å². The molecule has 0 unspecified atom stereocenters. The van der Waals surface area contributed by atoms with Gasteiger partial charge in [0.1, 0.15) is 0 Å². The molecule has 2 rings (SSSR count). The molecule has 1 aromatic carbocycles. The molecular formula is C15H23NO3. The third-order valence-electron chi connectivity index (χ3n) is 4.10. The van der Waals surface area contributed by atoms with Crippen LogP contribution >= 0.6 is 0 Å². The Morgan fingerprint density at radius 3 is 2.42 bits per heavy atom. The van der Waals surface area contributed by atoms with Crippen molar-refractivity contribution in [2.24, 2.45) is 11.8 Å². The van der Waals surface area contributed by atoms with Gasteiger partial charge in [-0.2, -0.15) is 0 Å². The van der Waals surface area contributed by atoms with Crippen LogP contribution in [0.2, 0.25) is 0 Å². The quantitative estimate of drug-likeness (QED) is 0.632. The topological polar surface area (TPSA) is 72.7 Å². The van der Waals surface area contributed by atoms with Gasteiger partial charge in [0, 0.05) is 12.1 Å². The molecule has 0 atom stereocenters. The van der Waals surface area contributed by atoms with Crippen LogP contribution in [0.4, 0.5) is 0 Å². The fourth-order valence-electron chi connectivity index (χ4n) is 2.70. The molecule has 106 valence electrons. The second kappa shape index (κ2) is 6.15. The molecule has 1 saturated carbocycles. The van der Waals surface area contributed by atoms with Crippen LogP contribution < -0.4 is 5.32 Å². The molecule has 4 N–H and O–H groups in total. The summed E-state index contributed by atoms with van der Waals surface area (Å²) in [6, 6.07) is 3.02. The summed E-state index contributed by atoms with van der Waals surface area (Å²) >= 11 is 0. The molecule has 1 aliphatic carbocycles. The van der Waals surface area contributed by atoms with E-state index in [1.807, 2.05) is 0 Å². The lowest BCUT2D eigenvalue weighted by Gasteiger charge is -2.26. The Balaban J connectivity index is 1.81. The lowest BCUT2D eigenvalue weighted by Crippen LogP contribution is -2.25. The second-order valence-electron chi connectivity index (χ2n) is 5.70. The summed E-state index contributed by atoms with van der Waals surface area (Å²) in [6.45, 7) is 3.75. The molecule has 1 aliphatic rings. The van der Waals surface area contributed by atoms with E-state index >= 15 is 0 Å². The predicted molar refractivity (Wildman–Crippen MR) is 74.3 cm³/mol. The van der Waals surface area contributed by atoms with Gasteiger partial charge < -0.3 is 20.6 Å². The van der Waals surface area contributed by atoms with Gasteiger partial charge in [-0.05, 0) is 37.3 Å². The zero-order valence-electron chi connectivity index (χ0n) is 11.4. The highest BCUT2D eigenvalue weighted by molar-refractivity contribution is 5.52. The summed E-state index contributed by atoms with van der Waals surface area (Å²) < 4.78 is 0. The molecule has 0 heterocycles. The van der Waals surface area contributed by atoms with E-state index in [0.717, 1.165) is 12.5 Å². The normalized spacial score (nSPS) is 23.4. The minimum absolute atomic E-state index is 0.232. The first-order chi connectivity index (χ1) is 9.08. The van der Waals surface area contributed by atoms with E-state index < -0.39 is 5.75 Å². The van der Waals surface area contributed by atoms with Crippen molar-refractivity contribution in [3.05, 3.63) is 17.7 Å². The van der Waals surface area contributed by atoms with Crippen LogP contribution in [0, 0.1) is 11.8 Å². The van der Waals surface area contributed by atoms with Crippen LogP contribution in [0.3, 0.4) is 0 Å². The standard InChI is InChI=1S/C15H23NO3/c1-10-2-4-11(5-3-10)8-16-9-12-6-7-13(17)15(19)14(12)18/h6-7,10-11,16-19H,2-5,8-9H2,1H3. The van der Waals surface area contributed by atoms with Crippen molar-refractivity contribution in [2.45, 2.75) is 39.2 Å². The molecule has 0 aromatic heterocycles. The molecule has 19 heavy (non-hydrogen) atoms. The molecule has 0 amide bonds. The van der Waals surface area contributed by atoms with E-state index in [2.05, 4.69) is 12.2 Å². The Morgan fingerprint density at radius 2 is 1.74 bits per heavy atom. The lowest BCUT2D eigenvalue weighted by molar-refractivity contribution is 0.281. The van der Waals surface area contributed by atoms with Crippen LogP contribution in [-0.4, -0.2) is 21.9 Å². The van der Waals surface area contributed by atoms with Crippen molar-refractivity contribution in [3.8, 4) is 17.2 Å². The summed E-state index contributed by atoms with van der Waals surface area (Å²) in [5, 5.41) is 31.7. The number of hydrogen-bond acceptors (Lipinski definition) is 4. The number of rotatable bonds is 4. The van der Waals surface area contributed by atoms with Gasteiger partial charge in [0.05, 0.1) is 0 Å². The number of benzene rings is 1. The Bertz CT molecular complexity index is 426. The molecular weight excluding hydrogens is 242 g/mol. The fourth-order valence-corrected chi connectivity index (χ4v) is 2.70. The average Bonchev–Trinajstić information content (AvgIpc) is 2.41. The molecule has 0 spiro atoms. The van der Waals surface area contributed by atoms with Crippen molar-refractivity contribution in [1.29, 1.82) is 0 Å². The van der Waals surface area contributed by atoms with Gasteiger partial charge in [-0.25, -0.2) is 0 Å². The van der Waals surface area contributed by atoms with Crippen LogP contribution in [0.1, 0.15) is 38.2 Å². The van der Waals surface area contributed by atoms with Crippen LogP contribution in [-0.2, 0) is 6.54 Å². The third-order valence-corrected chi connectivity index (χ3v) is 4.10. The van der Waals surface area contributed by atoms with Gasteiger partial charge in [0.2, 0.25) is 5.75 Å². The van der Waals surface area contributed by atoms with Crippen molar-refractivity contribution < 1.29 is 15.3 Å². The fraction of sp³-hybridized carbons (Fsp3) is 0.600. The Hall–Kier alpha value is -1.42. The maximum Gasteiger partial charge on any atom is 0.200 e. The molecule has 4 heteroatoms. The van der Waals surface area contributed by atoms with E-state index in [-0.39, 0.29) is 11.5 Å². The molecule has 1 fully saturated rings. The first-order valence-electron chi connectivity index (χ1n) is 7.01. The predicted octanol–water partition coefficient (Wildman–Crippen LogP) is 2.72. The molecule has 0 saturated heterocycles. The van der Waals surface area contributed by atoms with E-state index in [4.69, 9.17) is 0 Å². The van der Waals surface area contributed by atoms with Crippen LogP contribution in [0.25, 0.3) is 0 Å². The largest absolute Gasteiger partial charge is 0.504 e. The third kappa shape index (κ3) is 3.53. The molecule has 1 aromatic rings. The van der Waals surface area contributed by atoms with E-state index in [1.54, 1.807) is 6.07 Å². The number of aromatic hydroxyl groups is 3. The highest BCUT2D eigenvalue weighted by Crippen LogP contribution is 2.37. The summed E-state index contributed by atoms with van der Waals surface area (Å²) in [5.74, 6) is 0.608. The van der Waals surface area contributed by atoms with Crippen molar-refractivity contribution >= 4 is 0 Å². The summed E-state index contributed by atoms with van der Waals surface area (Å²) in [5.41, 5.74) is 0.611. The smallest absolute Gasteiger partial charge is 0.200 e. The van der Waals surface area contributed by atoms with Gasteiger partial charge in [0.15, 0.2) is 11.5 Å². The highest BCUT2D eigenvalue weighted by atomic mass is 16.3. The van der Waals surface area contributed by atoms with Gasteiger partial charge in [-0.1, -0.05) is 25.8 Å². The highest BCUT2D eigenvalue weighted by Gasteiger charge is 2.18. The van der Waals surface area contributed by atoms with Crippen molar-refractivity contribution in [1.82, 2.24) is 5.32 Å². The number of hydrogen-bond donors (Lipinski definition) is 4. The van der Waals surface area contributed by atoms with Gasteiger partial charge >= 0.3 is 0 Å². The van der Waals surface area contributed by atoms with Gasteiger partial charge in [-0.3, -0.25) is 0 Å². The monoisotopic (exact) mass is 265 g/mol. The van der Waals surface area contributed by atoms with Crippen LogP contribution in [0.5, 0.6) is 17.2 Å². The molecule has 0 aliphatic heterocycles. The van der Waals surface area contributed by atoms with Crippen molar-refractivity contribution in [3.63, 3.8) is 0 Å². The first-order valence-corrected chi connectivity index (χ1v) is 7.01. The van der Waals surface area contributed by atoms with E-state index in [1.165, 1.54) is 31.7 Å². The summed E-state index contributed by atoms with van der Waals surface area (Å²) in [6.07, 6.45) is 5.14. The number of phenolic OH excluding ortho intramolecular Hbond substituents is 3. The zero-order chi connectivity index (χ0) is 13.8. The molecule has 0 bridgehead atoms. The minimum Gasteiger partial charge on any atom is -0.504 e. The maximum atomic E-state index is 9.70. The average molecular weight is 265 g/mol.